The molecule has 0 radical (unpaired) electrons. The van der Waals surface area contributed by atoms with Crippen LogP contribution in [0.4, 0.5) is 33.3 Å². The lowest BCUT2D eigenvalue weighted by atomic mass is 9.56. The minimum Gasteiger partial charge on any atom is -0.508 e. The molecule has 4 aromatic rings. The van der Waals surface area contributed by atoms with E-state index in [9.17, 15) is 37.5 Å². The summed E-state index contributed by atoms with van der Waals surface area (Å²) in [6, 6.07) is 17.5. The Labute approximate surface area is 330 Å². The number of aryl methyl sites for hydroxylation is 1. The fourth-order valence-electron chi connectivity index (χ4n) is 8.49. The van der Waals surface area contributed by atoms with Gasteiger partial charge < -0.3 is 9.84 Å². The Morgan fingerprint density at radius 3 is 2.11 bits per heavy atom. The number of phenolic OH excluding ortho intramolecular Hbond substituents is 1. The van der Waals surface area contributed by atoms with Gasteiger partial charge in [-0.25, -0.2) is 31.8 Å². The maximum atomic E-state index is 15.4. The van der Waals surface area contributed by atoms with Gasteiger partial charge >= 0.3 is 0 Å². The normalized spacial score (nSPS) is 27.0. The van der Waals surface area contributed by atoms with Gasteiger partial charge in [0.1, 0.15) is 23.8 Å². The number of amides is 4. The Morgan fingerprint density at radius 1 is 0.804 bits per heavy atom. The van der Waals surface area contributed by atoms with Gasteiger partial charge in [0.25, 0.3) is 11.8 Å². The molecule has 0 bridgehead atoms. The zero-order valence-corrected chi connectivity index (χ0v) is 31.0. The summed E-state index contributed by atoms with van der Waals surface area (Å²) in [5, 5.41) is 11.8. The number of carbonyl (C=O) groups is 4. The first-order valence-electron chi connectivity index (χ1n) is 17.1. The van der Waals surface area contributed by atoms with Gasteiger partial charge in [-0.1, -0.05) is 65.7 Å². The highest BCUT2D eigenvalue weighted by molar-refractivity contribution is 6.58. The Hall–Kier alpha value is -4.98. The number of rotatable bonds is 6. The van der Waals surface area contributed by atoms with Crippen LogP contribution in [0.1, 0.15) is 35.4 Å². The summed E-state index contributed by atoms with van der Waals surface area (Å²) in [5.41, 5.74) is -0.238. The summed E-state index contributed by atoms with van der Waals surface area (Å²) in [4.78, 5) is 52.4. The zero-order chi connectivity index (χ0) is 40.2. The van der Waals surface area contributed by atoms with Gasteiger partial charge in [-0.15, -0.1) is 23.2 Å². The van der Waals surface area contributed by atoms with Crippen LogP contribution in [0.3, 0.4) is 0 Å². The van der Waals surface area contributed by atoms with Crippen molar-refractivity contribution in [1.29, 1.82) is 0 Å². The molecule has 8 rings (SSSR count). The minimum absolute atomic E-state index is 0.0849. The number of alkyl halides is 2. The Morgan fingerprint density at radius 2 is 1.46 bits per heavy atom. The molecule has 2 aliphatic carbocycles. The molecular weight excluding hydrogens is 806 g/mol. The highest BCUT2D eigenvalue weighted by Crippen LogP contribution is 2.67. The quantitative estimate of drug-likeness (QED) is 0.0523. The van der Waals surface area contributed by atoms with Crippen LogP contribution in [-0.4, -0.2) is 38.5 Å². The number of aromatic hydroxyl groups is 1. The van der Waals surface area contributed by atoms with Gasteiger partial charge in [0.2, 0.25) is 17.6 Å². The molecule has 4 aromatic carbocycles. The van der Waals surface area contributed by atoms with Crippen molar-refractivity contribution >= 4 is 69.8 Å². The molecule has 6 unspecified atom stereocenters. The number of imide groups is 2. The molecule has 4 amide bonds. The number of anilines is 2. The lowest BCUT2D eigenvalue weighted by Crippen LogP contribution is -2.60. The molecule has 2 heterocycles. The van der Waals surface area contributed by atoms with E-state index in [1.807, 2.05) is 6.07 Å². The molecule has 4 aliphatic rings. The largest absolute Gasteiger partial charge is 0.508 e. The number of hydrogen-bond donors (Lipinski definition) is 1. The Bertz CT molecular complexity index is 2420. The van der Waals surface area contributed by atoms with E-state index < -0.39 is 104 Å². The second-order valence-electron chi connectivity index (χ2n) is 14.1. The van der Waals surface area contributed by atoms with Crippen LogP contribution in [0.2, 0.25) is 5.02 Å². The zero-order valence-electron chi connectivity index (χ0n) is 28.8. The van der Waals surface area contributed by atoms with Crippen molar-refractivity contribution < 1.29 is 51.0 Å². The number of carbonyl (C=O) groups excluding carboxylic acids is 4. The predicted molar refractivity (Wildman–Crippen MR) is 194 cm³/mol. The molecule has 56 heavy (non-hydrogen) atoms. The standard InChI is InChI=1S/C40H26Cl3F5N2O6/c1-17-7-8-19(13-25(17)41)49-35(52)23-12-11-21-24(27(23)36(49)53)15-39(42)37(54)50(34-32(47)30(45)29(44)31(46)33(34)48)38(55)40(39,43)28(21)22-10-9-20(14-26(22)51)56-16-18-5-3-2-4-6-18/h2-11,13-14,23-24,27-28,51H,12,15-16H2,1H3. The van der Waals surface area contributed by atoms with Crippen LogP contribution >= 0.6 is 34.8 Å². The summed E-state index contributed by atoms with van der Waals surface area (Å²) in [7, 11) is 0. The van der Waals surface area contributed by atoms with Crippen LogP contribution in [0.5, 0.6) is 11.5 Å². The summed E-state index contributed by atoms with van der Waals surface area (Å²) in [6.07, 6.45) is 0.753. The van der Waals surface area contributed by atoms with Crippen molar-refractivity contribution in [3.8, 4) is 11.5 Å². The van der Waals surface area contributed by atoms with Gasteiger partial charge in [-0.3, -0.25) is 19.2 Å². The number of ether oxygens (including phenoxy) is 1. The van der Waals surface area contributed by atoms with Crippen LogP contribution in [0.15, 0.2) is 78.4 Å². The fourth-order valence-corrected chi connectivity index (χ4v) is 9.59. The number of fused-ring (bicyclic) bond motifs is 4. The number of phenols is 1. The molecule has 2 saturated heterocycles. The third kappa shape index (κ3) is 5.23. The second-order valence-corrected chi connectivity index (χ2v) is 15.8. The highest BCUT2D eigenvalue weighted by Gasteiger charge is 2.77. The summed E-state index contributed by atoms with van der Waals surface area (Å²) in [5.74, 6) is -22.5. The Balaban J connectivity index is 1.28. The molecule has 3 fully saturated rings. The molecule has 288 valence electrons. The predicted octanol–water partition coefficient (Wildman–Crippen LogP) is 8.40. The smallest absolute Gasteiger partial charge is 0.258 e. The van der Waals surface area contributed by atoms with Crippen molar-refractivity contribution in [3.63, 3.8) is 0 Å². The third-order valence-corrected chi connectivity index (χ3v) is 13.0. The van der Waals surface area contributed by atoms with E-state index in [4.69, 9.17) is 39.5 Å². The first-order valence-corrected chi connectivity index (χ1v) is 18.3. The average molecular weight is 832 g/mol. The molecule has 1 saturated carbocycles. The van der Waals surface area contributed by atoms with E-state index in [0.29, 0.717) is 5.56 Å². The molecule has 16 heteroatoms. The molecular formula is C40H26Cl3F5N2O6. The molecule has 0 aromatic heterocycles. The molecule has 1 N–H and O–H groups in total. The van der Waals surface area contributed by atoms with E-state index in [1.165, 1.54) is 36.4 Å². The number of hydrogen-bond acceptors (Lipinski definition) is 6. The third-order valence-electron chi connectivity index (χ3n) is 11.2. The van der Waals surface area contributed by atoms with Gasteiger partial charge in [-0.05, 0) is 55.0 Å². The van der Waals surface area contributed by atoms with Crippen LogP contribution in [0, 0.1) is 53.8 Å². The topological polar surface area (TPSA) is 104 Å². The number of benzene rings is 4. The second kappa shape index (κ2) is 13.3. The number of nitrogens with zero attached hydrogens (tertiary/aromatic N) is 2. The minimum atomic E-state index is -2.80. The first kappa shape index (κ1) is 37.9. The monoisotopic (exact) mass is 830 g/mol. The average Bonchev–Trinajstić information content (AvgIpc) is 3.52. The Kier molecular flexibility index (Phi) is 9.01. The van der Waals surface area contributed by atoms with E-state index >= 15 is 8.78 Å². The summed E-state index contributed by atoms with van der Waals surface area (Å²) >= 11 is 20.7. The van der Waals surface area contributed by atoms with Crippen molar-refractivity contribution in [2.45, 2.75) is 42.0 Å². The van der Waals surface area contributed by atoms with Crippen molar-refractivity contribution in [3.05, 3.63) is 129 Å². The highest BCUT2D eigenvalue weighted by atomic mass is 35.5. The van der Waals surface area contributed by atoms with Gasteiger partial charge in [0, 0.05) is 22.6 Å². The van der Waals surface area contributed by atoms with E-state index in [1.54, 1.807) is 37.3 Å². The molecule has 0 spiro atoms. The van der Waals surface area contributed by atoms with Gasteiger partial charge in [0.05, 0.1) is 17.5 Å². The molecule has 2 aliphatic heterocycles. The van der Waals surface area contributed by atoms with Crippen LogP contribution < -0.4 is 14.5 Å². The lowest BCUT2D eigenvalue weighted by molar-refractivity contribution is -0.125. The van der Waals surface area contributed by atoms with Crippen LogP contribution in [0.25, 0.3) is 0 Å². The van der Waals surface area contributed by atoms with Gasteiger partial charge in [-0.2, -0.15) is 0 Å². The van der Waals surface area contributed by atoms with Crippen molar-refractivity contribution in [1.82, 2.24) is 0 Å². The number of allylic oxidation sites excluding steroid dienone is 2. The lowest BCUT2D eigenvalue weighted by Gasteiger charge is -2.50. The number of halogens is 8. The first-order chi connectivity index (χ1) is 26.5. The van der Waals surface area contributed by atoms with Crippen molar-refractivity contribution in [2.75, 3.05) is 9.80 Å². The van der Waals surface area contributed by atoms with E-state index in [-0.39, 0.29) is 45.5 Å². The van der Waals surface area contributed by atoms with E-state index in [2.05, 4.69) is 0 Å². The summed E-state index contributed by atoms with van der Waals surface area (Å²) in [6.45, 7) is 1.81. The molecule has 8 nitrogen and oxygen atoms in total. The van der Waals surface area contributed by atoms with Crippen molar-refractivity contribution in [2.24, 2.45) is 17.8 Å². The molecule has 6 atom stereocenters. The van der Waals surface area contributed by atoms with E-state index in [0.717, 1.165) is 10.5 Å². The van der Waals surface area contributed by atoms with Crippen LogP contribution in [-0.2, 0) is 25.8 Å². The maximum absolute atomic E-state index is 15.4. The maximum Gasteiger partial charge on any atom is 0.258 e. The van der Waals surface area contributed by atoms with Gasteiger partial charge in [0.15, 0.2) is 33.0 Å². The summed E-state index contributed by atoms with van der Waals surface area (Å²) < 4.78 is 79.8. The SMILES string of the molecule is Cc1ccc(N2C(=O)C3CC=C4C(CC5(Cl)C(=O)N(c6c(F)c(F)c(F)c(F)c6F)C(=O)C5(Cl)C4c4ccc(OCc5ccccc5)cc4O)C3C2=O)cc1Cl. The fraction of sp³-hybridized carbons (Fsp3) is 0.250.